The number of nitrogens with one attached hydrogen (secondary N) is 2. The van der Waals surface area contributed by atoms with Crippen molar-refractivity contribution in [2.45, 2.75) is 12.3 Å². The van der Waals surface area contributed by atoms with E-state index in [0.29, 0.717) is 6.42 Å². The van der Waals surface area contributed by atoms with Crippen molar-refractivity contribution in [3.8, 4) is 0 Å². The highest BCUT2D eigenvalue weighted by Gasteiger charge is 2.44. The van der Waals surface area contributed by atoms with Crippen molar-refractivity contribution in [3.05, 3.63) is 54.1 Å². The van der Waals surface area contributed by atoms with Gasteiger partial charge >= 0.3 is 0 Å². The third kappa shape index (κ3) is 3.88. The van der Waals surface area contributed by atoms with Gasteiger partial charge < -0.3 is 5.32 Å². The summed E-state index contributed by atoms with van der Waals surface area (Å²) in [5.41, 5.74) is 1.22. The molecule has 1 aromatic heterocycles. The van der Waals surface area contributed by atoms with Crippen LogP contribution in [0.15, 0.2) is 42.7 Å². The lowest BCUT2D eigenvalue weighted by Crippen LogP contribution is -2.18. The van der Waals surface area contributed by atoms with E-state index in [1.165, 1.54) is 6.07 Å². The molecule has 1 aliphatic rings. The van der Waals surface area contributed by atoms with E-state index in [1.807, 2.05) is 12.1 Å². The first-order chi connectivity index (χ1) is 11.3. The van der Waals surface area contributed by atoms with Crippen LogP contribution in [0.4, 0.5) is 15.8 Å². The van der Waals surface area contributed by atoms with Crippen molar-refractivity contribution in [3.63, 3.8) is 0 Å². The van der Waals surface area contributed by atoms with Crippen molar-refractivity contribution < 1.29 is 17.6 Å². The van der Waals surface area contributed by atoms with Crippen molar-refractivity contribution in [1.29, 1.82) is 0 Å². The minimum atomic E-state index is -3.59. The molecule has 1 fully saturated rings. The summed E-state index contributed by atoms with van der Waals surface area (Å²) >= 11 is 0. The Balaban J connectivity index is 1.74. The summed E-state index contributed by atoms with van der Waals surface area (Å²) in [5, 5.41) is 2.67. The summed E-state index contributed by atoms with van der Waals surface area (Å²) in [6, 6.07) is 7.26. The predicted molar refractivity (Wildman–Crippen MR) is 88.6 cm³/mol. The Morgan fingerprint density at radius 1 is 1.29 bits per heavy atom. The van der Waals surface area contributed by atoms with E-state index in [2.05, 4.69) is 15.0 Å². The molecule has 24 heavy (non-hydrogen) atoms. The van der Waals surface area contributed by atoms with Gasteiger partial charge in [0.15, 0.2) is 0 Å². The Labute approximate surface area is 139 Å². The number of amides is 1. The Bertz CT molecular complexity index is 871. The minimum absolute atomic E-state index is 0.00410. The molecule has 1 aromatic carbocycles. The molecule has 1 amide bonds. The molecule has 0 aliphatic heterocycles. The molecular formula is C16H16FN3O3S. The van der Waals surface area contributed by atoms with Gasteiger partial charge in [-0.2, -0.15) is 0 Å². The van der Waals surface area contributed by atoms with E-state index in [9.17, 15) is 17.6 Å². The van der Waals surface area contributed by atoms with E-state index in [-0.39, 0.29) is 29.1 Å². The zero-order valence-corrected chi connectivity index (χ0v) is 13.7. The molecule has 3 rings (SSSR count). The van der Waals surface area contributed by atoms with Gasteiger partial charge in [0.05, 0.1) is 17.6 Å². The number of pyridine rings is 1. The number of rotatable bonds is 5. The van der Waals surface area contributed by atoms with Crippen LogP contribution in [-0.4, -0.2) is 25.6 Å². The van der Waals surface area contributed by atoms with Gasteiger partial charge in [0.2, 0.25) is 15.9 Å². The van der Waals surface area contributed by atoms with Gasteiger partial charge in [0.1, 0.15) is 5.82 Å². The fraction of sp³-hybridized carbons (Fsp3) is 0.250. The highest BCUT2D eigenvalue weighted by Crippen LogP contribution is 2.47. The predicted octanol–water partition coefficient (Wildman–Crippen LogP) is 2.33. The first kappa shape index (κ1) is 16.4. The lowest BCUT2D eigenvalue weighted by atomic mass is 10.1. The van der Waals surface area contributed by atoms with Gasteiger partial charge in [0, 0.05) is 24.4 Å². The highest BCUT2D eigenvalue weighted by atomic mass is 32.2. The van der Waals surface area contributed by atoms with Crippen LogP contribution in [0.25, 0.3) is 0 Å². The van der Waals surface area contributed by atoms with Crippen LogP contribution in [0.2, 0.25) is 0 Å². The maximum Gasteiger partial charge on any atom is 0.229 e. The lowest BCUT2D eigenvalue weighted by Gasteiger charge is -2.12. The van der Waals surface area contributed by atoms with E-state index in [0.717, 1.165) is 24.0 Å². The van der Waals surface area contributed by atoms with Gasteiger partial charge in [-0.1, -0.05) is 6.07 Å². The molecule has 0 saturated heterocycles. The smallest absolute Gasteiger partial charge is 0.229 e. The number of anilines is 2. The summed E-state index contributed by atoms with van der Waals surface area (Å²) < 4.78 is 38.3. The fourth-order valence-corrected chi connectivity index (χ4v) is 3.15. The number of benzene rings is 1. The van der Waals surface area contributed by atoms with Crippen LogP contribution in [0.1, 0.15) is 17.9 Å². The molecule has 0 unspecified atom stereocenters. The van der Waals surface area contributed by atoms with E-state index < -0.39 is 15.8 Å². The number of sulfonamides is 1. The van der Waals surface area contributed by atoms with E-state index >= 15 is 0 Å². The summed E-state index contributed by atoms with van der Waals surface area (Å²) in [6.07, 6.45) is 5.06. The number of hydrogen-bond donors (Lipinski definition) is 2. The lowest BCUT2D eigenvalue weighted by molar-refractivity contribution is -0.117. The second-order valence-corrected chi connectivity index (χ2v) is 7.54. The summed E-state index contributed by atoms with van der Waals surface area (Å²) in [7, 11) is -3.59. The topological polar surface area (TPSA) is 88.2 Å². The molecule has 2 atom stereocenters. The quantitative estimate of drug-likeness (QED) is 0.867. The number of carbonyl (C=O) groups excluding carboxylic acids is 1. The van der Waals surface area contributed by atoms with Gasteiger partial charge in [0.25, 0.3) is 0 Å². The van der Waals surface area contributed by atoms with Crippen LogP contribution in [-0.2, 0) is 14.8 Å². The largest absolute Gasteiger partial charge is 0.324 e. The summed E-state index contributed by atoms with van der Waals surface area (Å²) in [4.78, 5) is 16.4. The number of nitrogens with zero attached hydrogens (tertiary/aromatic N) is 1. The maximum atomic E-state index is 13.4. The molecule has 0 bridgehead atoms. The highest BCUT2D eigenvalue weighted by molar-refractivity contribution is 7.92. The van der Waals surface area contributed by atoms with Crippen molar-refractivity contribution >= 4 is 27.3 Å². The monoisotopic (exact) mass is 349 g/mol. The molecule has 2 N–H and O–H groups in total. The third-order valence-corrected chi connectivity index (χ3v) is 4.37. The molecule has 1 saturated carbocycles. The molecule has 1 heterocycles. The van der Waals surface area contributed by atoms with Gasteiger partial charge in [-0.15, -0.1) is 0 Å². The number of halogens is 1. The second kappa shape index (κ2) is 6.20. The maximum absolute atomic E-state index is 13.4. The Morgan fingerprint density at radius 2 is 2.08 bits per heavy atom. The first-order valence-electron chi connectivity index (χ1n) is 7.31. The zero-order valence-electron chi connectivity index (χ0n) is 12.9. The zero-order chi connectivity index (χ0) is 17.3. The van der Waals surface area contributed by atoms with E-state index in [4.69, 9.17) is 0 Å². The van der Waals surface area contributed by atoms with Crippen molar-refractivity contribution in [2.24, 2.45) is 5.92 Å². The molecule has 1 aliphatic carbocycles. The van der Waals surface area contributed by atoms with Crippen LogP contribution >= 0.6 is 0 Å². The van der Waals surface area contributed by atoms with Crippen LogP contribution in [0.5, 0.6) is 0 Å². The van der Waals surface area contributed by atoms with Crippen LogP contribution in [0, 0.1) is 11.7 Å². The summed E-state index contributed by atoms with van der Waals surface area (Å²) in [6.45, 7) is 0. The molecule has 6 nitrogen and oxygen atoms in total. The van der Waals surface area contributed by atoms with Gasteiger partial charge in [-0.25, -0.2) is 12.8 Å². The average molecular weight is 349 g/mol. The minimum Gasteiger partial charge on any atom is -0.324 e. The van der Waals surface area contributed by atoms with Gasteiger partial charge in [-0.05, 0) is 36.1 Å². The SMILES string of the molecule is CS(=O)(=O)Nc1cc(F)ccc1NC(=O)[C@@H]1C[C@H]1c1cccnc1. The molecule has 0 radical (unpaired) electrons. The molecule has 126 valence electrons. The number of aromatic nitrogens is 1. The third-order valence-electron chi connectivity index (χ3n) is 3.77. The Hall–Kier alpha value is -2.48. The van der Waals surface area contributed by atoms with Crippen molar-refractivity contribution in [1.82, 2.24) is 4.98 Å². The molecular weight excluding hydrogens is 333 g/mol. The molecule has 0 spiro atoms. The van der Waals surface area contributed by atoms with Crippen LogP contribution < -0.4 is 10.0 Å². The number of carbonyl (C=O) groups is 1. The fourth-order valence-electron chi connectivity index (χ4n) is 2.58. The van der Waals surface area contributed by atoms with E-state index in [1.54, 1.807) is 12.4 Å². The summed E-state index contributed by atoms with van der Waals surface area (Å²) in [5.74, 6) is -0.929. The average Bonchev–Trinajstić information content (AvgIpc) is 3.30. The normalized spacial score (nSPS) is 19.6. The Kier molecular flexibility index (Phi) is 4.23. The first-order valence-corrected chi connectivity index (χ1v) is 9.21. The Morgan fingerprint density at radius 3 is 2.75 bits per heavy atom. The molecule has 8 heteroatoms. The molecule has 2 aromatic rings. The van der Waals surface area contributed by atoms with Crippen molar-refractivity contribution in [2.75, 3.05) is 16.3 Å². The van der Waals surface area contributed by atoms with Crippen LogP contribution in [0.3, 0.4) is 0 Å². The standard InChI is InChI=1S/C16H16FN3O3S/c1-24(22,23)20-15-7-11(17)4-5-14(15)19-16(21)13-8-12(13)10-3-2-6-18-9-10/h2-7,9,12-13,20H,8H2,1H3,(H,19,21)/t12-,13+/m0/s1. The second-order valence-electron chi connectivity index (χ2n) is 5.79. The number of hydrogen-bond acceptors (Lipinski definition) is 4. The van der Waals surface area contributed by atoms with Gasteiger partial charge in [-0.3, -0.25) is 14.5 Å².